The maximum absolute atomic E-state index is 13.3. The van der Waals surface area contributed by atoms with Crippen LogP contribution in [0.15, 0.2) is 23.1 Å². The molecule has 1 aromatic carbocycles. The van der Waals surface area contributed by atoms with Crippen LogP contribution >= 0.6 is 0 Å². The van der Waals surface area contributed by atoms with Gasteiger partial charge in [0, 0.05) is 12.6 Å². The normalized spacial score (nSPS) is 11.4. The van der Waals surface area contributed by atoms with Crippen molar-refractivity contribution in [2.24, 2.45) is 5.73 Å². The number of H-pyrrole nitrogens is 1. The summed E-state index contributed by atoms with van der Waals surface area (Å²) in [5.74, 6) is -0.638. The van der Waals surface area contributed by atoms with Gasteiger partial charge in [-0.1, -0.05) is 0 Å². The van der Waals surface area contributed by atoms with Gasteiger partial charge >= 0.3 is 0 Å². The monoisotopic (exact) mass is 314 g/mol. The van der Waals surface area contributed by atoms with Crippen molar-refractivity contribution in [1.29, 1.82) is 0 Å². The number of aromatic nitrogens is 2. The highest BCUT2D eigenvalue weighted by Gasteiger charge is 2.24. The molecular formula is C12H15FN4O3S. The number of hydrogen-bond acceptors (Lipinski definition) is 5. The van der Waals surface area contributed by atoms with E-state index in [-0.39, 0.29) is 28.6 Å². The van der Waals surface area contributed by atoms with Crippen molar-refractivity contribution in [3.8, 4) is 5.75 Å². The van der Waals surface area contributed by atoms with E-state index in [2.05, 4.69) is 14.9 Å². The molecule has 1 aromatic heterocycles. The van der Waals surface area contributed by atoms with Crippen LogP contribution in [0.3, 0.4) is 0 Å². The number of anilines is 1. The number of aromatic amines is 1. The van der Waals surface area contributed by atoms with Crippen molar-refractivity contribution in [3.05, 3.63) is 35.4 Å². The van der Waals surface area contributed by atoms with E-state index >= 15 is 0 Å². The van der Waals surface area contributed by atoms with Crippen LogP contribution in [0.25, 0.3) is 0 Å². The maximum Gasteiger partial charge on any atom is 0.265 e. The van der Waals surface area contributed by atoms with Crippen molar-refractivity contribution in [3.63, 3.8) is 0 Å². The first-order chi connectivity index (χ1) is 9.89. The summed E-state index contributed by atoms with van der Waals surface area (Å²) in [6.45, 7) is 1.55. The first-order valence-corrected chi connectivity index (χ1v) is 7.47. The molecule has 0 unspecified atom stereocenters. The SMILES string of the molecule is COc1cc(NS(=O)(=O)c2c(CN)n[nH]c2C)ccc1F. The summed E-state index contributed by atoms with van der Waals surface area (Å²) in [6, 6.07) is 3.67. The molecule has 4 N–H and O–H groups in total. The number of nitrogens with one attached hydrogen (secondary N) is 2. The number of benzene rings is 1. The summed E-state index contributed by atoms with van der Waals surface area (Å²) in [5, 5.41) is 6.41. The molecule has 9 heteroatoms. The van der Waals surface area contributed by atoms with E-state index < -0.39 is 15.8 Å². The molecule has 0 fully saturated rings. The van der Waals surface area contributed by atoms with Crippen molar-refractivity contribution in [1.82, 2.24) is 10.2 Å². The molecule has 2 aromatic rings. The molecule has 21 heavy (non-hydrogen) atoms. The Morgan fingerprint density at radius 3 is 2.81 bits per heavy atom. The van der Waals surface area contributed by atoms with Crippen LogP contribution in [0.2, 0.25) is 0 Å². The number of rotatable bonds is 5. The van der Waals surface area contributed by atoms with E-state index in [0.29, 0.717) is 5.69 Å². The molecule has 7 nitrogen and oxygen atoms in total. The number of nitrogens with two attached hydrogens (primary N) is 1. The Morgan fingerprint density at radius 2 is 2.19 bits per heavy atom. The third kappa shape index (κ3) is 2.98. The second kappa shape index (κ2) is 5.70. The minimum atomic E-state index is -3.88. The van der Waals surface area contributed by atoms with Crippen molar-refractivity contribution >= 4 is 15.7 Å². The number of ether oxygens (including phenoxy) is 1. The zero-order chi connectivity index (χ0) is 15.6. The summed E-state index contributed by atoms with van der Waals surface area (Å²) < 4.78 is 45.3. The Labute approximate surface area is 121 Å². The smallest absolute Gasteiger partial charge is 0.265 e. The molecule has 0 aliphatic rings. The van der Waals surface area contributed by atoms with Crippen LogP contribution < -0.4 is 15.2 Å². The maximum atomic E-state index is 13.3. The Balaban J connectivity index is 2.40. The Hall–Kier alpha value is -2.13. The highest BCUT2D eigenvalue weighted by Crippen LogP contribution is 2.25. The second-order valence-electron chi connectivity index (χ2n) is 4.28. The number of halogens is 1. The summed E-state index contributed by atoms with van der Waals surface area (Å²) in [5.41, 5.74) is 6.26. The molecule has 0 saturated heterocycles. The van der Waals surface area contributed by atoms with Gasteiger partial charge in [0.15, 0.2) is 11.6 Å². The molecule has 0 spiro atoms. The lowest BCUT2D eigenvalue weighted by Crippen LogP contribution is -2.16. The molecule has 114 valence electrons. The fourth-order valence-electron chi connectivity index (χ4n) is 1.89. The van der Waals surface area contributed by atoms with Crippen LogP contribution in [-0.4, -0.2) is 25.7 Å². The highest BCUT2D eigenvalue weighted by atomic mass is 32.2. The Bertz CT molecular complexity index is 758. The Kier molecular flexibility index (Phi) is 4.14. The van der Waals surface area contributed by atoms with E-state index in [0.717, 1.165) is 6.07 Å². The molecule has 0 aliphatic carbocycles. The molecule has 0 saturated carbocycles. The van der Waals surface area contributed by atoms with E-state index in [4.69, 9.17) is 10.5 Å². The fraction of sp³-hybridized carbons (Fsp3) is 0.250. The van der Waals surface area contributed by atoms with Gasteiger partial charge in [0.2, 0.25) is 0 Å². The quantitative estimate of drug-likeness (QED) is 0.766. The van der Waals surface area contributed by atoms with E-state index in [1.807, 2.05) is 0 Å². The largest absolute Gasteiger partial charge is 0.494 e. The fourth-order valence-corrected chi connectivity index (χ4v) is 3.32. The summed E-state index contributed by atoms with van der Waals surface area (Å²) in [7, 11) is -2.59. The number of aryl methyl sites for hydroxylation is 1. The van der Waals surface area contributed by atoms with Crippen molar-refractivity contribution in [2.75, 3.05) is 11.8 Å². The predicted octanol–water partition coefficient (Wildman–Crippen LogP) is 1.13. The van der Waals surface area contributed by atoms with Gasteiger partial charge < -0.3 is 10.5 Å². The number of methoxy groups -OCH3 is 1. The highest BCUT2D eigenvalue weighted by molar-refractivity contribution is 7.92. The predicted molar refractivity (Wildman–Crippen MR) is 75.0 cm³/mol. The third-order valence-corrected chi connectivity index (χ3v) is 4.41. The average molecular weight is 314 g/mol. The standard InChI is InChI=1S/C12H15FN4O3S/c1-7-12(10(6-14)16-15-7)21(18,19)17-8-3-4-9(13)11(5-8)20-2/h3-5,17H,6,14H2,1-2H3,(H,15,16). The third-order valence-electron chi connectivity index (χ3n) is 2.83. The van der Waals surface area contributed by atoms with Crippen LogP contribution in [0.1, 0.15) is 11.4 Å². The minimum absolute atomic E-state index is 0.00621. The second-order valence-corrected chi connectivity index (χ2v) is 5.90. The van der Waals surface area contributed by atoms with Gasteiger partial charge in [-0.15, -0.1) is 0 Å². The topological polar surface area (TPSA) is 110 Å². The van der Waals surface area contributed by atoms with Crippen LogP contribution in [0.5, 0.6) is 5.75 Å². The number of hydrogen-bond donors (Lipinski definition) is 3. The molecule has 0 bridgehead atoms. The van der Waals surface area contributed by atoms with Gasteiger partial charge in [-0.2, -0.15) is 5.10 Å². The minimum Gasteiger partial charge on any atom is -0.494 e. The van der Waals surface area contributed by atoms with Crippen molar-refractivity contribution in [2.45, 2.75) is 18.4 Å². The van der Waals surface area contributed by atoms with E-state index in [9.17, 15) is 12.8 Å². The van der Waals surface area contributed by atoms with Crippen LogP contribution in [0.4, 0.5) is 10.1 Å². The first kappa shape index (κ1) is 15.3. The summed E-state index contributed by atoms with van der Waals surface area (Å²) >= 11 is 0. The van der Waals surface area contributed by atoms with Gasteiger partial charge in [-0.3, -0.25) is 9.82 Å². The zero-order valence-electron chi connectivity index (χ0n) is 11.5. The van der Waals surface area contributed by atoms with Gasteiger partial charge in [-0.25, -0.2) is 12.8 Å². The average Bonchev–Trinajstić information content (AvgIpc) is 2.82. The molecule has 0 aliphatic heterocycles. The van der Waals surface area contributed by atoms with E-state index in [1.54, 1.807) is 6.92 Å². The van der Waals surface area contributed by atoms with Crippen molar-refractivity contribution < 1.29 is 17.5 Å². The number of sulfonamides is 1. The molecule has 0 radical (unpaired) electrons. The molecule has 0 atom stereocenters. The lowest BCUT2D eigenvalue weighted by molar-refractivity contribution is 0.387. The molecule has 2 rings (SSSR count). The summed E-state index contributed by atoms with van der Waals surface area (Å²) in [4.78, 5) is -0.00621. The lowest BCUT2D eigenvalue weighted by atomic mass is 10.3. The summed E-state index contributed by atoms with van der Waals surface area (Å²) in [6.07, 6.45) is 0. The van der Waals surface area contributed by atoms with Gasteiger partial charge in [0.05, 0.1) is 24.2 Å². The molecular weight excluding hydrogens is 299 g/mol. The Morgan fingerprint density at radius 1 is 1.48 bits per heavy atom. The van der Waals surface area contributed by atoms with Gasteiger partial charge in [0.1, 0.15) is 4.90 Å². The molecule has 1 heterocycles. The zero-order valence-corrected chi connectivity index (χ0v) is 12.3. The lowest BCUT2D eigenvalue weighted by Gasteiger charge is -2.10. The van der Waals surface area contributed by atoms with Crippen LogP contribution in [-0.2, 0) is 16.6 Å². The van der Waals surface area contributed by atoms with E-state index in [1.165, 1.54) is 19.2 Å². The van der Waals surface area contributed by atoms with Gasteiger partial charge in [-0.05, 0) is 19.1 Å². The first-order valence-electron chi connectivity index (χ1n) is 5.99. The molecule has 0 amide bonds. The van der Waals surface area contributed by atoms with Gasteiger partial charge in [0.25, 0.3) is 10.0 Å². The van der Waals surface area contributed by atoms with Crippen LogP contribution in [0, 0.1) is 12.7 Å². The number of nitrogens with zero attached hydrogens (tertiary/aromatic N) is 1.